The third-order valence-electron chi connectivity index (χ3n) is 4.52. The van der Waals surface area contributed by atoms with E-state index in [1.165, 1.54) is 39.0 Å². The molecule has 0 saturated heterocycles. The molecule has 1 rings (SSSR count). The third kappa shape index (κ3) is 10.1. The van der Waals surface area contributed by atoms with Gasteiger partial charge < -0.3 is 20.5 Å². The fourth-order valence-corrected chi connectivity index (χ4v) is 2.84. The Balaban J connectivity index is 2.72. The van der Waals surface area contributed by atoms with Gasteiger partial charge in [-0.3, -0.25) is 0 Å². The number of nitrogens with one attached hydrogen (secondary N) is 1. The van der Waals surface area contributed by atoms with Crippen LogP contribution in [0.3, 0.4) is 0 Å². The number of primary amides is 1. The van der Waals surface area contributed by atoms with E-state index in [4.69, 9.17) is 15.2 Å². The minimum atomic E-state index is -0.697. The number of nitrogens with two attached hydrogens (primary N) is 1. The van der Waals surface area contributed by atoms with Gasteiger partial charge in [-0.25, -0.2) is 14.4 Å². The van der Waals surface area contributed by atoms with E-state index in [2.05, 4.69) is 18.8 Å². The molecule has 3 N–H and O–H groups in total. The van der Waals surface area contributed by atoms with Gasteiger partial charge >= 0.3 is 18.0 Å². The highest BCUT2D eigenvalue weighted by atomic mass is 16.5. The molecule has 0 aliphatic rings. The van der Waals surface area contributed by atoms with Crippen molar-refractivity contribution in [2.75, 3.05) is 13.2 Å². The fourth-order valence-electron chi connectivity index (χ4n) is 2.84. The Labute approximate surface area is 179 Å². The molecule has 7 heteroatoms. The smallest absolute Gasteiger partial charge is 0.342 e. The van der Waals surface area contributed by atoms with Crippen LogP contribution in [-0.2, 0) is 16.0 Å². The first-order valence-electron chi connectivity index (χ1n) is 10.6. The number of benzene rings is 1. The standard InChI is InChI=1S/C23H34N2O5/c1-4-5-6-7-8-9-10-11-18-12-13-19(20(16-18)30-21(26)17(2)3)22(27)29-15-14-25-23(24)28/h12-13,16H,2,4-11,14-15H2,1,3H3,(H3,24,25,28). The van der Waals surface area contributed by atoms with Crippen LogP contribution in [-0.4, -0.2) is 31.1 Å². The van der Waals surface area contributed by atoms with Crippen LogP contribution < -0.4 is 15.8 Å². The second-order valence-electron chi connectivity index (χ2n) is 7.30. The molecule has 30 heavy (non-hydrogen) atoms. The molecule has 1 aromatic carbocycles. The van der Waals surface area contributed by atoms with Crippen molar-refractivity contribution < 1.29 is 23.9 Å². The first kappa shape index (κ1) is 25.2. The van der Waals surface area contributed by atoms with Gasteiger partial charge in [0.25, 0.3) is 0 Å². The maximum atomic E-state index is 12.4. The molecule has 2 amide bonds. The molecule has 0 saturated carbocycles. The van der Waals surface area contributed by atoms with Crippen molar-refractivity contribution in [3.05, 3.63) is 41.5 Å². The Kier molecular flexibility index (Phi) is 11.9. The van der Waals surface area contributed by atoms with Gasteiger partial charge in [0, 0.05) is 5.57 Å². The SMILES string of the molecule is C=C(C)C(=O)Oc1cc(CCCCCCCCC)ccc1C(=O)OCCNC(N)=O. The molecule has 0 spiro atoms. The van der Waals surface area contributed by atoms with Crippen molar-refractivity contribution in [3.63, 3.8) is 0 Å². The Bertz CT molecular complexity index is 730. The summed E-state index contributed by atoms with van der Waals surface area (Å²) in [5, 5.41) is 2.33. The number of urea groups is 1. The van der Waals surface area contributed by atoms with E-state index >= 15 is 0 Å². The molecule has 0 aromatic heterocycles. The predicted molar refractivity (Wildman–Crippen MR) is 116 cm³/mol. The molecular formula is C23H34N2O5. The summed E-state index contributed by atoms with van der Waals surface area (Å²) in [6.07, 6.45) is 9.28. The van der Waals surface area contributed by atoms with E-state index in [0.717, 1.165) is 24.8 Å². The molecule has 7 nitrogen and oxygen atoms in total. The number of esters is 2. The van der Waals surface area contributed by atoms with Gasteiger partial charge in [0.1, 0.15) is 17.9 Å². The highest BCUT2D eigenvalue weighted by Gasteiger charge is 2.18. The summed E-state index contributed by atoms with van der Waals surface area (Å²) in [5.74, 6) is -1.10. The van der Waals surface area contributed by atoms with E-state index in [-0.39, 0.29) is 30.0 Å². The summed E-state index contributed by atoms with van der Waals surface area (Å²) < 4.78 is 10.5. The molecule has 0 fully saturated rings. The number of hydrogen-bond acceptors (Lipinski definition) is 5. The van der Waals surface area contributed by atoms with E-state index in [1.54, 1.807) is 12.1 Å². The van der Waals surface area contributed by atoms with Crippen LogP contribution in [0, 0.1) is 0 Å². The summed E-state index contributed by atoms with van der Waals surface area (Å²) >= 11 is 0. The van der Waals surface area contributed by atoms with Gasteiger partial charge in [0.05, 0.1) is 6.54 Å². The summed E-state index contributed by atoms with van der Waals surface area (Å²) in [6, 6.07) is 4.45. The molecule has 0 bridgehead atoms. The number of unbranched alkanes of at least 4 members (excludes halogenated alkanes) is 6. The summed E-state index contributed by atoms with van der Waals surface area (Å²) in [4.78, 5) is 35.0. The van der Waals surface area contributed by atoms with Crippen molar-refractivity contribution in [3.8, 4) is 5.75 Å². The lowest BCUT2D eigenvalue weighted by molar-refractivity contribution is -0.130. The molecule has 0 aliphatic heterocycles. The van der Waals surface area contributed by atoms with Crippen LogP contribution in [0.25, 0.3) is 0 Å². The van der Waals surface area contributed by atoms with Gasteiger partial charge in [-0.15, -0.1) is 0 Å². The van der Waals surface area contributed by atoms with Crippen LogP contribution in [0.4, 0.5) is 4.79 Å². The zero-order chi connectivity index (χ0) is 22.4. The van der Waals surface area contributed by atoms with E-state index in [1.807, 2.05) is 6.07 Å². The topological polar surface area (TPSA) is 108 Å². The second-order valence-corrected chi connectivity index (χ2v) is 7.30. The lowest BCUT2D eigenvalue weighted by Gasteiger charge is -2.12. The van der Waals surface area contributed by atoms with Crippen molar-refractivity contribution in [2.24, 2.45) is 5.73 Å². The average Bonchev–Trinajstić information content (AvgIpc) is 2.70. The Hall–Kier alpha value is -2.83. The van der Waals surface area contributed by atoms with E-state index in [0.29, 0.717) is 0 Å². The maximum absolute atomic E-state index is 12.4. The largest absolute Gasteiger partial charge is 0.460 e. The maximum Gasteiger partial charge on any atom is 0.342 e. The van der Waals surface area contributed by atoms with Crippen molar-refractivity contribution in [2.45, 2.75) is 65.2 Å². The van der Waals surface area contributed by atoms with Crippen molar-refractivity contribution in [1.82, 2.24) is 5.32 Å². The van der Waals surface area contributed by atoms with Gasteiger partial charge in [0.2, 0.25) is 0 Å². The number of carbonyl (C=O) groups excluding carboxylic acids is 3. The highest BCUT2D eigenvalue weighted by molar-refractivity contribution is 5.95. The van der Waals surface area contributed by atoms with Gasteiger partial charge in [-0.05, 0) is 37.5 Å². The zero-order valence-corrected chi connectivity index (χ0v) is 18.1. The molecular weight excluding hydrogens is 384 g/mol. The van der Waals surface area contributed by atoms with Crippen LogP contribution in [0.2, 0.25) is 0 Å². The lowest BCUT2D eigenvalue weighted by atomic mass is 10.0. The van der Waals surface area contributed by atoms with Crippen LogP contribution in [0.5, 0.6) is 5.75 Å². The molecule has 0 aliphatic carbocycles. The normalized spacial score (nSPS) is 10.3. The minimum absolute atomic E-state index is 0.0462. The molecule has 0 unspecified atom stereocenters. The molecule has 0 atom stereocenters. The number of carbonyl (C=O) groups is 3. The zero-order valence-electron chi connectivity index (χ0n) is 18.1. The first-order chi connectivity index (χ1) is 14.3. The average molecular weight is 419 g/mol. The molecule has 0 heterocycles. The van der Waals surface area contributed by atoms with E-state index < -0.39 is 18.0 Å². The minimum Gasteiger partial charge on any atom is -0.460 e. The first-order valence-corrected chi connectivity index (χ1v) is 10.6. The lowest BCUT2D eigenvalue weighted by Crippen LogP contribution is -2.32. The number of aryl methyl sites for hydroxylation is 1. The van der Waals surface area contributed by atoms with Crippen molar-refractivity contribution in [1.29, 1.82) is 0 Å². The molecule has 166 valence electrons. The predicted octanol–water partition coefficient (Wildman–Crippen LogP) is 4.29. The van der Waals surface area contributed by atoms with Crippen molar-refractivity contribution >= 4 is 18.0 Å². The number of rotatable bonds is 14. The van der Waals surface area contributed by atoms with Gasteiger partial charge in [-0.1, -0.05) is 58.1 Å². The second kappa shape index (κ2) is 14.2. The van der Waals surface area contributed by atoms with Gasteiger partial charge in [0.15, 0.2) is 0 Å². The Morgan fingerprint density at radius 3 is 2.37 bits per heavy atom. The Morgan fingerprint density at radius 2 is 1.73 bits per heavy atom. The molecule has 1 aromatic rings. The van der Waals surface area contributed by atoms with Gasteiger partial charge in [-0.2, -0.15) is 0 Å². The summed E-state index contributed by atoms with van der Waals surface area (Å²) in [5.41, 5.74) is 6.33. The number of ether oxygens (including phenoxy) is 2. The monoisotopic (exact) mass is 418 g/mol. The van der Waals surface area contributed by atoms with Crippen LogP contribution >= 0.6 is 0 Å². The quantitative estimate of drug-likeness (QED) is 0.203. The number of hydrogen-bond donors (Lipinski definition) is 2. The van der Waals surface area contributed by atoms with E-state index in [9.17, 15) is 14.4 Å². The highest BCUT2D eigenvalue weighted by Crippen LogP contribution is 2.24. The fraction of sp³-hybridized carbons (Fsp3) is 0.522. The summed E-state index contributed by atoms with van der Waals surface area (Å²) in [7, 11) is 0. The number of amides is 2. The van der Waals surface area contributed by atoms with Crippen LogP contribution in [0.1, 0.15) is 74.7 Å². The van der Waals surface area contributed by atoms with Crippen LogP contribution in [0.15, 0.2) is 30.4 Å². The molecule has 0 radical (unpaired) electrons. The summed E-state index contributed by atoms with van der Waals surface area (Å²) in [6.45, 7) is 7.37. The third-order valence-corrected chi connectivity index (χ3v) is 4.52. The Morgan fingerprint density at radius 1 is 1.07 bits per heavy atom.